The van der Waals surface area contributed by atoms with Crippen molar-refractivity contribution in [1.29, 1.82) is 0 Å². The second-order valence-electron chi connectivity index (χ2n) is 9.38. The Hall–Kier alpha value is -2.64. The molecule has 4 nitrogen and oxygen atoms in total. The molecule has 3 aromatic carbocycles. The predicted octanol–water partition coefficient (Wildman–Crippen LogP) is 5.20. The summed E-state index contributed by atoms with van der Waals surface area (Å²) in [5.41, 5.74) is 4.16. The zero-order valence-electron chi connectivity index (χ0n) is 19.9. The number of hydrazone groups is 1. The Balaban J connectivity index is 1.44. The number of hydrogen-bond donors (Lipinski definition) is 1. The van der Waals surface area contributed by atoms with E-state index in [1.807, 2.05) is 12.1 Å². The minimum absolute atomic E-state index is 0.104. The third kappa shape index (κ3) is 5.02. The van der Waals surface area contributed by atoms with E-state index in [0.29, 0.717) is 29.3 Å². The van der Waals surface area contributed by atoms with Gasteiger partial charge in [0.25, 0.3) is 0 Å². The van der Waals surface area contributed by atoms with Crippen molar-refractivity contribution in [1.82, 2.24) is 9.73 Å². The maximum absolute atomic E-state index is 14.7. The van der Waals surface area contributed by atoms with Gasteiger partial charge in [-0.15, -0.1) is 0 Å². The summed E-state index contributed by atoms with van der Waals surface area (Å²) in [5.74, 6) is 0.559. The second kappa shape index (κ2) is 9.78. The summed E-state index contributed by atoms with van der Waals surface area (Å²) < 4.78 is 14.7. The van der Waals surface area contributed by atoms with Gasteiger partial charge >= 0.3 is 0 Å². The lowest BCUT2D eigenvalue weighted by Gasteiger charge is -2.45. The molecule has 1 N–H and O–H groups in total. The molecule has 0 bridgehead atoms. The van der Waals surface area contributed by atoms with Crippen molar-refractivity contribution in [3.05, 3.63) is 88.2 Å². The normalized spacial score (nSPS) is 17.1. The van der Waals surface area contributed by atoms with Crippen LogP contribution in [0.5, 0.6) is 0 Å². The zero-order chi connectivity index (χ0) is 24.6. The molecule has 1 saturated heterocycles. The number of amidine groups is 1. The van der Waals surface area contributed by atoms with Crippen LogP contribution in [-0.4, -0.2) is 43.8 Å². The average molecular weight is 505 g/mol. The fraction of sp³-hybridized carbons (Fsp3) is 0.296. The van der Waals surface area contributed by atoms with Crippen LogP contribution in [0.3, 0.4) is 0 Å². The molecule has 35 heavy (non-hydrogen) atoms. The molecule has 0 aromatic heterocycles. The van der Waals surface area contributed by atoms with Crippen LogP contribution in [-0.2, 0) is 0 Å². The number of aryl methyl sites for hydroxylation is 2. The van der Waals surface area contributed by atoms with Crippen LogP contribution < -0.4 is 15.2 Å². The van der Waals surface area contributed by atoms with Crippen molar-refractivity contribution < 1.29 is 4.39 Å². The third-order valence-corrected chi connectivity index (χ3v) is 7.83. The summed E-state index contributed by atoms with van der Waals surface area (Å²) in [7, 11) is 5.77. The first-order valence-electron chi connectivity index (χ1n) is 11.8. The molecule has 2 aliphatic rings. The Morgan fingerprint density at radius 1 is 1.09 bits per heavy atom. The number of rotatable bonds is 5. The Morgan fingerprint density at radius 3 is 2.54 bits per heavy atom. The lowest BCUT2D eigenvalue weighted by Crippen LogP contribution is -2.57. The summed E-state index contributed by atoms with van der Waals surface area (Å²) >= 11 is 8.19. The SMILES string of the molecule is [B]c1ccc(N2CCN(/C(=N/NSc3ccc(C)cc3)c3c(C)cccc3Cl)C3(CC3)C2)c(F)c1. The van der Waals surface area contributed by atoms with Crippen molar-refractivity contribution in [3.8, 4) is 0 Å². The topological polar surface area (TPSA) is 30.9 Å². The fourth-order valence-electron chi connectivity index (χ4n) is 4.76. The third-order valence-electron chi connectivity index (χ3n) is 6.83. The maximum Gasteiger partial charge on any atom is 0.159 e. The van der Waals surface area contributed by atoms with Gasteiger partial charge in [0.05, 0.1) is 16.2 Å². The van der Waals surface area contributed by atoms with Gasteiger partial charge in [-0.2, -0.15) is 5.10 Å². The van der Waals surface area contributed by atoms with Gasteiger partial charge < -0.3 is 9.80 Å². The molecular formula is C27H27BClFN4S. The Kier molecular flexibility index (Phi) is 6.73. The van der Waals surface area contributed by atoms with Gasteiger partial charge in [0.2, 0.25) is 0 Å². The molecule has 8 heteroatoms. The molecule has 0 atom stereocenters. The van der Waals surface area contributed by atoms with Crippen LogP contribution >= 0.6 is 23.5 Å². The first-order valence-corrected chi connectivity index (χ1v) is 13.0. The van der Waals surface area contributed by atoms with Crippen LogP contribution in [0.15, 0.2) is 70.7 Å². The van der Waals surface area contributed by atoms with Crippen molar-refractivity contribution in [2.45, 2.75) is 37.1 Å². The molecule has 3 aromatic rings. The highest BCUT2D eigenvalue weighted by molar-refractivity contribution is 7.97. The summed E-state index contributed by atoms with van der Waals surface area (Å²) in [4.78, 5) is 8.79. The summed E-state index contributed by atoms with van der Waals surface area (Å²) in [6.45, 7) is 6.24. The van der Waals surface area contributed by atoms with Crippen LogP contribution in [0.4, 0.5) is 10.1 Å². The van der Waals surface area contributed by atoms with Gasteiger partial charge in [-0.25, -0.2) is 9.22 Å². The lowest BCUT2D eigenvalue weighted by atomic mass is 9.95. The van der Waals surface area contributed by atoms with E-state index in [4.69, 9.17) is 24.5 Å². The van der Waals surface area contributed by atoms with E-state index in [9.17, 15) is 4.39 Å². The summed E-state index contributed by atoms with van der Waals surface area (Å²) in [6.07, 6.45) is 2.04. The smallest absolute Gasteiger partial charge is 0.159 e. The van der Waals surface area contributed by atoms with Gasteiger partial charge in [-0.1, -0.05) is 53.0 Å². The Bertz CT molecular complexity index is 1240. The van der Waals surface area contributed by atoms with E-state index in [2.05, 4.69) is 58.8 Å². The lowest BCUT2D eigenvalue weighted by molar-refractivity contribution is 0.258. The number of benzene rings is 3. The number of nitrogens with one attached hydrogen (secondary N) is 1. The summed E-state index contributed by atoms with van der Waals surface area (Å²) in [6, 6.07) is 19.2. The molecule has 1 saturated carbocycles. The van der Waals surface area contributed by atoms with Crippen molar-refractivity contribution in [3.63, 3.8) is 0 Å². The predicted molar refractivity (Wildman–Crippen MR) is 146 cm³/mol. The van der Waals surface area contributed by atoms with Gasteiger partial charge in [0.1, 0.15) is 13.7 Å². The molecule has 1 aliphatic carbocycles. The number of hydrogen-bond acceptors (Lipinski definition) is 4. The van der Waals surface area contributed by atoms with E-state index < -0.39 is 0 Å². The van der Waals surface area contributed by atoms with E-state index in [1.54, 1.807) is 12.1 Å². The molecule has 1 spiro atoms. The van der Waals surface area contributed by atoms with Gasteiger partial charge in [0.15, 0.2) is 5.84 Å². The van der Waals surface area contributed by atoms with Crippen LogP contribution in [0.1, 0.15) is 29.5 Å². The molecule has 178 valence electrons. The standard InChI is InChI=1S/C27H27BClFN4S/c1-18-6-9-21(10-7-18)35-32-31-26(25-19(2)4-3-5-22(25)29)34-15-14-33(17-27(34)12-13-27)24-11-8-20(28)16-23(24)30/h3-11,16,32H,12-15,17H2,1-2H3/b31-26+. The van der Waals surface area contributed by atoms with Gasteiger partial charge in [-0.3, -0.25) is 0 Å². The molecule has 5 rings (SSSR count). The molecule has 1 heterocycles. The highest BCUT2D eigenvalue weighted by Gasteiger charge is 2.53. The largest absolute Gasteiger partial charge is 0.365 e. The maximum atomic E-state index is 14.7. The molecule has 1 aliphatic heterocycles. The Morgan fingerprint density at radius 2 is 1.86 bits per heavy atom. The van der Waals surface area contributed by atoms with Crippen molar-refractivity contribution in [2.75, 3.05) is 24.5 Å². The second-order valence-corrected chi connectivity index (χ2v) is 10.6. The van der Waals surface area contributed by atoms with E-state index in [1.165, 1.54) is 23.6 Å². The molecule has 0 unspecified atom stereocenters. The van der Waals surface area contributed by atoms with Crippen molar-refractivity contribution in [2.24, 2.45) is 5.10 Å². The molecular weight excluding hydrogens is 478 g/mol. The van der Waals surface area contributed by atoms with Crippen LogP contribution in [0, 0.1) is 19.7 Å². The van der Waals surface area contributed by atoms with Crippen LogP contribution in [0.2, 0.25) is 5.02 Å². The number of piperazine rings is 1. The average Bonchev–Trinajstić information content (AvgIpc) is 3.58. The quantitative estimate of drug-likeness (QED) is 0.170. The molecule has 2 fully saturated rings. The Labute approximate surface area is 217 Å². The summed E-state index contributed by atoms with van der Waals surface area (Å²) in [5, 5.41) is 5.56. The van der Waals surface area contributed by atoms with E-state index in [-0.39, 0.29) is 11.4 Å². The molecule has 2 radical (unpaired) electrons. The zero-order valence-corrected chi connectivity index (χ0v) is 21.5. The highest BCUT2D eigenvalue weighted by Crippen LogP contribution is 2.46. The van der Waals surface area contributed by atoms with Gasteiger partial charge in [0, 0.05) is 42.0 Å². The number of anilines is 1. The first kappa shape index (κ1) is 24.1. The van der Waals surface area contributed by atoms with Crippen molar-refractivity contribution >= 4 is 48.4 Å². The van der Waals surface area contributed by atoms with E-state index >= 15 is 0 Å². The minimum atomic E-state index is -0.277. The molecule has 0 amide bonds. The van der Waals surface area contributed by atoms with Crippen LogP contribution in [0.25, 0.3) is 0 Å². The number of nitrogens with zero attached hydrogens (tertiary/aromatic N) is 3. The minimum Gasteiger partial charge on any atom is -0.365 e. The fourth-order valence-corrected chi connectivity index (χ4v) is 5.57. The first-order chi connectivity index (χ1) is 16.9. The number of halogens is 2. The van der Waals surface area contributed by atoms with E-state index in [0.717, 1.165) is 41.2 Å². The van der Waals surface area contributed by atoms with Gasteiger partial charge in [-0.05, 0) is 62.6 Å². The monoisotopic (exact) mass is 504 g/mol. The highest BCUT2D eigenvalue weighted by atomic mass is 35.5.